The fraction of sp³-hybridized carbons (Fsp3) is 0. The quantitative estimate of drug-likeness (QED) is 0.226. The van der Waals surface area contributed by atoms with Crippen molar-refractivity contribution < 1.29 is 8.98 Å². The lowest BCUT2D eigenvalue weighted by Gasteiger charge is -2.20. The van der Waals surface area contributed by atoms with Gasteiger partial charge in [0.2, 0.25) is 0 Å². The van der Waals surface area contributed by atoms with Gasteiger partial charge in [0.15, 0.2) is 18.4 Å². The van der Waals surface area contributed by atoms with E-state index in [1.807, 2.05) is 126 Å². The number of benzene rings is 5. The van der Waals surface area contributed by atoms with Gasteiger partial charge in [-0.25, -0.2) is 9.38 Å². The van der Waals surface area contributed by atoms with Crippen LogP contribution in [0.3, 0.4) is 0 Å². The minimum Gasteiger partial charge on any atom is -0.423 e. The Morgan fingerprint density at radius 3 is 1.98 bits per heavy atom. The summed E-state index contributed by atoms with van der Waals surface area (Å²) in [6, 6.07) is 43.5. The third-order valence-electron chi connectivity index (χ3n) is 7.51. The summed E-state index contributed by atoms with van der Waals surface area (Å²) in [4.78, 5) is 10.0. The van der Waals surface area contributed by atoms with Crippen LogP contribution < -0.4 is 15.9 Å². The molecule has 0 unspecified atom stereocenters. The minimum absolute atomic E-state index is 0.511. The van der Waals surface area contributed by atoms with E-state index in [1.165, 1.54) is 0 Å². The van der Waals surface area contributed by atoms with Crippen molar-refractivity contribution in [1.29, 1.82) is 0 Å². The van der Waals surface area contributed by atoms with Gasteiger partial charge < -0.3 is 8.98 Å². The molecule has 0 amide bonds. The molecule has 8 rings (SSSR count). The van der Waals surface area contributed by atoms with Gasteiger partial charge in [0, 0.05) is 32.2 Å². The third-order valence-corrected chi connectivity index (χ3v) is 10.6. The molecular weight excluding hydrogens is 513 g/mol. The number of para-hydroxylation sites is 2. The lowest BCUT2D eigenvalue weighted by Crippen LogP contribution is -2.25. The van der Waals surface area contributed by atoms with Crippen LogP contribution in [-0.4, -0.2) is 14.4 Å². The Morgan fingerprint density at radius 1 is 0.600 bits per heavy atom. The number of nitrogens with zero attached hydrogens (tertiary/aromatic N) is 3. The Bertz CT molecular complexity index is 2210. The van der Waals surface area contributed by atoms with E-state index in [0.717, 1.165) is 60.2 Å². The Hall–Kier alpha value is -4.99. The molecule has 6 heteroatoms. The molecule has 0 fully saturated rings. The summed E-state index contributed by atoms with van der Waals surface area (Å²) in [7, 11) is -3.14. The summed E-state index contributed by atoms with van der Waals surface area (Å²) in [6.07, 6.45) is 0. The molecule has 0 aliphatic carbocycles. The zero-order valence-corrected chi connectivity index (χ0v) is 22.2. The van der Waals surface area contributed by atoms with Crippen LogP contribution in [0.2, 0.25) is 0 Å². The van der Waals surface area contributed by atoms with Crippen molar-refractivity contribution in [1.82, 2.24) is 14.4 Å². The zero-order valence-electron chi connectivity index (χ0n) is 21.3. The number of hydrogen-bond donors (Lipinski definition) is 0. The molecule has 190 valence electrons. The lowest BCUT2D eigenvalue weighted by molar-refractivity contribution is 0.592. The number of hydrogen-bond acceptors (Lipinski definition) is 4. The third kappa shape index (κ3) is 3.32. The summed E-state index contributed by atoms with van der Waals surface area (Å²) >= 11 is 0. The largest absolute Gasteiger partial charge is 0.423 e. The molecule has 0 aliphatic heterocycles. The van der Waals surface area contributed by atoms with E-state index in [0.29, 0.717) is 5.84 Å². The molecule has 5 aromatic carbocycles. The molecule has 3 aromatic heterocycles. The van der Waals surface area contributed by atoms with Gasteiger partial charge in [0.05, 0.1) is 11.2 Å². The molecule has 8 aromatic rings. The molecule has 0 aliphatic rings. The van der Waals surface area contributed by atoms with Crippen molar-refractivity contribution in [3.63, 3.8) is 0 Å². The predicted molar refractivity (Wildman–Crippen MR) is 163 cm³/mol. The van der Waals surface area contributed by atoms with Gasteiger partial charge in [-0.05, 0) is 18.2 Å². The molecule has 40 heavy (non-hydrogen) atoms. The maximum Gasteiger partial charge on any atom is 0.309 e. The minimum atomic E-state index is -3.14. The van der Waals surface area contributed by atoms with Crippen LogP contribution in [0.15, 0.2) is 138 Å². The van der Waals surface area contributed by atoms with Gasteiger partial charge >= 0.3 is 5.84 Å². The van der Waals surface area contributed by atoms with Crippen LogP contribution in [-0.2, 0) is 4.57 Å². The van der Waals surface area contributed by atoms with Crippen molar-refractivity contribution >= 4 is 61.9 Å². The highest BCUT2D eigenvalue weighted by Gasteiger charge is 2.30. The average molecular weight is 536 g/mol. The number of oxazole rings is 1. The second kappa shape index (κ2) is 8.77. The lowest BCUT2D eigenvalue weighted by atomic mass is 10.0. The Balaban J connectivity index is 1.42. The first-order valence-electron chi connectivity index (χ1n) is 13.1. The fourth-order valence-corrected chi connectivity index (χ4v) is 8.34. The smallest absolute Gasteiger partial charge is 0.309 e. The van der Waals surface area contributed by atoms with Crippen molar-refractivity contribution in [3.8, 4) is 11.3 Å². The van der Waals surface area contributed by atoms with E-state index in [-0.39, 0.29) is 0 Å². The summed E-state index contributed by atoms with van der Waals surface area (Å²) in [5, 5.41) is 4.33. The molecule has 0 spiro atoms. The van der Waals surface area contributed by atoms with Crippen molar-refractivity contribution in [2.24, 2.45) is 0 Å². The predicted octanol–water partition coefficient (Wildman–Crippen LogP) is 7.09. The Kier molecular flexibility index (Phi) is 5.03. The topological polar surface area (TPSA) is 60.4 Å². The van der Waals surface area contributed by atoms with Crippen LogP contribution in [0, 0.1) is 0 Å². The average Bonchev–Trinajstić information content (AvgIpc) is 3.58. The zero-order chi connectivity index (χ0) is 26.7. The first kappa shape index (κ1) is 22.9. The number of imidazole rings is 1. The molecule has 3 heterocycles. The van der Waals surface area contributed by atoms with Crippen LogP contribution in [0.1, 0.15) is 0 Å². The fourth-order valence-electron chi connectivity index (χ4n) is 5.64. The highest BCUT2D eigenvalue weighted by molar-refractivity contribution is 7.85. The molecule has 0 bridgehead atoms. The van der Waals surface area contributed by atoms with Crippen molar-refractivity contribution in [2.75, 3.05) is 0 Å². The summed E-state index contributed by atoms with van der Waals surface area (Å²) < 4.78 is 23.1. The second-order valence-electron chi connectivity index (χ2n) is 9.81. The molecule has 0 atom stereocenters. The number of fused-ring (bicyclic) bond motifs is 7. The maximum atomic E-state index is 15.1. The van der Waals surface area contributed by atoms with E-state index in [4.69, 9.17) is 14.4 Å². The monoisotopic (exact) mass is 535 g/mol. The molecule has 0 saturated heterocycles. The SMILES string of the molecule is O=P(c1ccccc1)(c1ccccc1)c1cccc(-c2nc3c(nc4oc5ccccc5n43)c3ccccc23)c1. The summed E-state index contributed by atoms with van der Waals surface area (Å²) in [5.74, 6) is 0.511. The molecule has 0 radical (unpaired) electrons. The van der Waals surface area contributed by atoms with Gasteiger partial charge in [-0.3, -0.25) is 0 Å². The molecule has 5 nitrogen and oxygen atoms in total. The van der Waals surface area contributed by atoms with Gasteiger partial charge in [0.1, 0.15) is 5.52 Å². The first-order chi connectivity index (χ1) is 19.7. The maximum absolute atomic E-state index is 15.1. The van der Waals surface area contributed by atoms with Gasteiger partial charge in [0.25, 0.3) is 0 Å². The summed E-state index contributed by atoms with van der Waals surface area (Å²) in [6.45, 7) is 0. The highest BCUT2D eigenvalue weighted by Crippen LogP contribution is 2.43. The van der Waals surface area contributed by atoms with E-state index in [9.17, 15) is 0 Å². The van der Waals surface area contributed by atoms with Crippen molar-refractivity contribution in [2.45, 2.75) is 0 Å². The highest BCUT2D eigenvalue weighted by atomic mass is 31.2. The second-order valence-corrected chi connectivity index (χ2v) is 12.6. The Labute approximate surface area is 229 Å². The van der Waals surface area contributed by atoms with Crippen molar-refractivity contribution in [3.05, 3.63) is 133 Å². The van der Waals surface area contributed by atoms with Gasteiger partial charge in [-0.15, -0.1) is 0 Å². The summed E-state index contributed by atoms with van der Waals surface area (Å²) in [5.41, 5.74) is 4.90. The number of rotatable bonds is 4. The van der Waals surface area contributed by atoms with E-state index in [1.54, 1.807) is 0 Å². The standard InChI is InChI=1S/C34H22N3O2P/c38-40(24-13-3-1-4-14-24,25-15-5-2-6-16-25)26-17-11-12-23(22-26)31-27-18-7-8-19-28(27)32-33(35-31)37-29-20-9-10-21-30(29)39-34(37)36-32/h1-22H. The normalized spacial score (nSPS) is 12.1. The number of aromatic nitrogens is 3. The van der Waals surface area contributed by atoms with Gasteiger partial charge in [-0.2, -0.15) is 4.98 Å². The van der Waals surface area contributed by atoms with Crippen LogP contribution in [0.25, 0.3) is 50.1 Å². The number of pyridine rings is 1. The van der Waals surface area contributed by atoms with Crippen LogP contribution in [0.4, 0.5) is 0 Å². The van der Waals surface area contributed by atoms with Crippen LogP contribution in [0.5, 0.6) is 0 Å². The van der Waals surface area contributed by atoms with E-state index in [2.05, 4.69) is 12.1 Å². The molecule has 0 saturated carbocycles. The van der Waals surface area contributed by atoms with E-state index < -0.39 is 7.14 Å². The van der Waals surface area contributed by atoms with E-state index >= 15 is 4.57 Å². The first-order valence-corrected chi connectivity index (χ1v) is 14.8. The van der Waals surface area contributed by atoms with Gasteiger partial charge in [-0.1, -0.05) is 115 Å². The Morgan fingerprint density at radius 2 is 1.23 bits per heavy atom. The molecule has 0 N–H and O–H groups in total. The van der Waals surface area contributed by atoms with Crippen LogP contribution >= 0.6 is 7.14 Å². The molecular formula is C34H22N3O2P.